The second kappa shape index (κ2) is 6.29. The van der Waals surface area contributed by atoms with E-state index in [2.05, 4.69) is 17.0 Å². The van der Waals surface area contributed by atoms with E-state index in [9.17, 15) is 4.79 Å². The highest BCUT2D eigenvalue weighted by atomic mass is 16.5. The molecule has 0 amide bonds. The number of Topliss-reactive ketones (excluding diaryl/α,β-unsaturated/α-hetero) is 1. The van der Waals surface area contributed by atoms with Crippen LogP contribution < -0.4 is 9.64 Å². The van der Waals surface area contributed by atoms with Gasteiger partial charge in [-0.15, -0.1) is 0 Å². The van der Waals surface area contributed by atoms with Crippen molar-refractivity contribution in [3.63, 3.8) is 0 Å². The molecule has 0 aromatic heterocycles. The summed E-state index contributed by atoms with van der Waals surface area (Å²) in [6, 6.07) is 13.9. The molecule has 0 saturated carbocycles. The number of ketones is 1. The topological polar surface area (TPSA) is 29.5 Å². The van der Waals surface area contributed by atoms with E-state index in [0.29, 0.717) is 0 Å². The van der Waals surface area contributed by atoms with Gasteiger partial charge in [0.25, 0.3) is 0 Å². The Morgan fingerprint density at radius 2 is 1.91 bits per heavy atom. The zero-order valence-corrected chi connectivity index (χ0v) is 13.8. The van der Waals surface area contributed by atoms with E-state index in [1.165, 1.54) is 0 Å². The Morgan fingerprint density at radius 1 is 1.09 bits per heavy atom. The highest BCUT2D eigenvalue weighted by Gasteiger charge is 2.22. The first kappa shape index (κ1) is 15.3. The minimum absolute atomic E-state index is 0.129. The zero-order chi connectivity index (χ0) is 16.4. The molecule has 1 aliphatic carbocycles. The summed E-state index contributed by atoms with van der Waals surface area (Å²) in [5.41, 5.74) is 4.95. The third-order valence-electron chi connectivity index (χ3n) is 4.24. The molecule has 3 heteroatoms. The van der Waals surface area contributed by atoms with Crippen LogP contribution in [0, 0.1) is 0 Å². The SMILES string of the molecule is COc1ccc2c(c1)CC/C(=C\c1cccc(N(C)C)c1)C2=O. The number of allylic oxidation sites excluding steroid dienone is 1. The maximum atomic E-state index is 12.7. The van der Waals surface area contributed by atoms with Crippen LogP contribution in [0.5, 0.6) is 5.75 Å². The van der Waals surface area contributed by atoms with Gasteiger partial charge in [0.15, 0.2) is 5.78 Å². The number of carbonyl (C=O) groups is 1. The van der Waals surface area contributed by atoms with E-state index in [0.717, 1.165) is 46.5 Å². The molecule has 0 atom stereocenters. The van der Waals surface area contributed by atoms with Gasteiger partial charge in [-0.2, -0.15) is 0 Å². The summed E-state index contributed by atoms with van der Waals surface area (Å²) in [6.45, 7) is 0. The summed E-state index contributed by atoms with van der Waals surface area (Å²) < 4.78 is 5.24. The number of fused-ring (bicyclic) bond motifs is 1. The van der Waals surface area contributed by atoms with Gasteiger partial charge in [-0.1, -0.05) is 12.1 Å². The fraction of sp³-hybridized carbons (Fsp3) is 0.250. The first-order valence-corrected chi connectivity index (χ1v) is 7.78. The average molecular weight is 307 g/mol. The van der Waals surface area contributed by atoms with Crippen LogP contribution in [0.4, 0.5) is 5.69 Å². The van der Waals surface area contributed by atoms with Crippen LogP contribution in [0.15, 0.2) is 48.0 Å². The number of nitrogens with zero attached hydrogens (tertiary/aromatic N) is 1. The molecule has 3 rings (SSSR count). The van der Waals surface area contributed by atoms with Crippen molar-refractivity contribution >= 4 is 17.5 Å². The van der Waals surface area contributed by atoms with Crippen LogP contribution in [-0.4, -0.2) is 27.0 Å². The second-order valence-corrected chi connectivity index (χ2v) is 6.01. The summed E-state index contributed by atoms with van der Waals surface area (Å²) in [4.78, 5) is 14.8. The minimum atomic E-state index is 0.129. The van der Waals surface area contributed by atoms with Crippen molar-refractivity contribution in [2.45, 2.75) is 12.8 Å². The summed E-state index contributed by atoms with van der Waals surface area (Å²) in [5, 5.41) is 0. The smallest absolute Gasteiger partial charge is 0.189 e. The van der Waals surface area contributed by atoms with Crippen LogP contribution in [0.3, 0.4) is 0 Å². The van der Waals surface area contributed by atoms with Crippen molar-refractivity contribution in [1.29, 1.82) is 0 Å². The number of hydrogen-bond acceptors (Lipinski definition) is 3. The Labute approximate surface area is 137 Å². The fourth-order valence-electron chi connectivity index (χ4n) is 2.91. The van der Waals surface area contributed by atoms with E-state index >= 15 is 0 Å². The minimum Gasteiger partial charge on any atom is -0.497 e. The monoisotopic (exact) mass is 307 g/mol. The van der Waals surface area contributed by atoms with Crippen LogP contribution in [0.1, 0.15) is 27.9 Å². The average Bonchev–Trinajstić information content (AvgIpc) is 2.57. The van der Waals surface area contributed by atoms with Crippen molar-refractivity contribution in [2.75, 3.05) is 26.1 Å². The third kappa shape index (κ3) is 3.14. The number of aryl methyl sites for hydroxylation is 1. The first-order chi connectivity index (χ1) is 11.1. The quantitative estimate of drug-likeness (QED) is 0.804. The number of benzene rings is 2. The Kier molecular flexibility index (Phi) is 4.20. The Morgan fingerprint density at radius 3 is 2.65 bits per heavy atom. The number of anilines is 1. The molecule has 3 nitrogen and oxygen atoms in total. The molecule has 0 bridgehead atoms. The van der Waals surface area contributed by atoms with Gasteiger partial charge < -0.3 is 9.64 Å². The first-order valence-electron chi connectivity index (χ1n) is 7.78. The Balaban J connectivity index is 1.93. The van der Waals surface area contributed by atoms with Gasteiger partial charge in [0.2, 0.25) is 0 Å². The second-order valence-electron chi connectivity index (χ2n) is 6.01. The number of rotatable bonds is 3. The van der Waals surface area contributed by atoms with Crippen molar-refractivity contribution in [2.24, 2.45) is 0 Å². The van der Waals surface area contributed by atoms with Crippen LogP contribution in [-0.2, 0) is 6.42 Å². The van der Waals surface area contributed by atoms with E-state index in [-0.39, 0.29) is 5.78 Å². The summed E-state index contributed by atoms with van der Waals surface area (Å²) >= 11 is 0. The normalized spacial score (nSPS) is 15.4. The number of hydrogen-bond donors (Lipinski definition) is 0. The molecular formula is C20H21NO2. The van der Waals surface area contributed by atoms with Crippen LogP contribution in [0.2, 0.25) is 0 Å². The van der Waals surface area contributed by atoms with E-state index in [1.807, 2.05) is 50.5 Å². The largest absolute Gasteiger partial charge is 0.497 e. The standard InChI is InChI=1S/C20H21NO2/c1-21(2)17-6-4-5-14(12-17)11-16-8-7-15-13-18(23-3)9-10-19(15)20(16)22/h4-6,9-13H,7-8H2,1-3H3/b16-11+. The lowest BCUT2D eigenvalue weighted by Crippen LogP contribution is -2.14. The zero-order valence-electron chi connectivity index (χ0n) is 13.8. The lowest BCUT2D eigenvalue weighted by Gasteiger charge is -2.18. The predicted octanol–water partition coefficient (Wildman–Crippen LogP) is 3.97. The summed E-state index contributed by atoms with van der Waals surface area (Å²) in [7, 11) is 5.68. The fourth-order valence-corrected chi connectivity index (χ4v) is 2.91. The third-order valence-corrected chi connectivity index (χ3v) is 4.24. The molecule has 0 aliphatic heterocycles. The molecule has 23 heavy (non-hydrogen) atoms. The van der Waals surface area contributed by atoms with Crippen LogP contribution in [0.25, 0.3) is 6.08 Å². The van der Waals surface area contributed by atoms with Crippen LogP contribution >= 0.6 is 0 Å². The van der Waals surface area contributed by atoms with Crippen molar-refractivity contribution < 1.29 is 9.53 Å². The lowest BCUT2D eigenvalue weighted by molar-refractivity contribution is 0.102. The number of carbonyl (C=O) groups excluding carboxylic acids is 1. The van der Waals surface area contributed by atoms with E-state index in [1.54, 1.807) is 7.11 Å². The molecule has 0 saturated heterocycles. The van der Waals surface area contributed by atoms with Gasteiger partial charge in [0.1, 0.15) is 5.75 Å². The van der Waals surface area contributed by atoms with Crippen molar-refractivity contribution in [3.8, 4) is 5.75 Å². The lowest BCUT2D eigenvalue weighted by atomic mass is 9.86. The molecule has 0 fully saturated rings. The molecule has 0 N–H and O–H groups in total. The van der Waals surface area contributed by atoms with Crippen molar-refractivity contribution in [1.82, 2.24) is 0 Å². The molecule has 1 aliphatic rings. The Bertz CT molecular complexity index is 775. The highest BCUT2D eigenvalue weighted by molar-refractivity contribution is 6.13. The van der Waals surface area contributed by atoms with Gasteiger partial charge in [-0.3, -0.25) is 4.79 Å². The molecule has 118 valence electrons. The molecule has 0 unspecified atom stereocenters. The number of methoxy groups -OCH3 is 1. The molecule has 2 aromatic carbocycles. The highest BCUT2D eigenvalue weighted by Crippen LogP contribution is 2.29. The van der Waals surface area contributed by atoms with Gasteiger partial charge in [-0.25, -0.2) is 0 Å². The maximum absolute atomic E-state index is 12.7. The molecule has 2 aromatic rings. The summed E-state index contributed by atoms with van der Waals surface area (Å²) in [6.07, 6.45) is 3.66. The van der Waals surface area contributed by atoms with Gasteiger partial charge in [0, 0.05) is 30.9 Å². The molecule has 0 spiro atoms. The van der Waals surface area contributed by atoms with Gasteiger partial charge in [-0.05, 0) is 60.4 Å². The van der Waals surface area contributed by atoms with Gasteiger partial charge >= 0.3 is 0 Å². The molecule has 0 heterocycles. The molecule has 0 radical (unpaired) electrons. The summed E-state index contributed by atoms with van der Waals surface area (Å²) in [5.74, 6) is 0.937. The van der Waals surface area contributed by atoms with E-state index in [4.69, 9.17) is 4.74 Å². The molecular weight excluding hydrogens is 286 g/mol. The Hall–Kier alpha value is -2.55. The predicted molar refractivity (Wildman–Crippen MR) is 94.4 cm³/mol. The maximum Gasteiger partial charge on any atom is 0.189 e. The number of ether oxygens (including phenoxy) is 1. The van der Waals surface area contributed by atoms with Gasteiger partial charge in [0.05, 0.1) is 7.11 Å². The van der Waals surface area contributed by atoms with E-state index < -0.39 is 0 Å². The van der Waals surface area contributed by atoms with Crippen molar-refractivity contribution in [3.05, 3.63) is 64.7 Å².